The number of ether oxygens (including phenoxy) is 1. The van der Waals surface area contributed by atoms with Crippen molar-refractivity contribution < 1.29 is 9.84 Å². The second-order valence-electron chi connectivity index (χ2n) is 6.44. The Morgan fingerprint density at radius 1 is 1.00 bits per heavy atom. The number of aryl methyl sites for hydroxylation is 2. The molecule has 0 amide bonds. The summed E-state index contributed by atoms with van der Waals surface area (Å²) in [7, 11) is 1.63. The van der Waals surface area contributed by atoms with Gasteiger partial charge in [0.1, 0.15) is 11.5 Å². The van der Waals surface area contributed by atoms with Crippen LogP contribution in [-0.4, -0.2) is 26.8 Å². The molecular weight excluding hydrogens is 340 g/mol. The van der Waals surface area contributed by atoms with Crippen LogP contribution in [0.4, 0.5) is 11.6 Å². The van der Waals surface area contributed by atoms with Crippen LogP contribution in [0.1, 0.15) is 11.1 Å². The number of fused-ring (bicyclic) bond motifs is 1. The zero-order valence-electron chi connectivity index (χ0n) is 15.4. The van der Waals surface area contributed by atoms with E-state index < -0.39 is 0 Å². The van der Waals surface area contributed by atoms with Crippen molar-refractivity contribution in [3.63, 3.8) is 0 Å². The molecule has 0 aliphatic rings. The molecule has 136 valence electrons. The Morgan fingerprint density at radius 2 is 1.74 bits per heavy atom. The third-order valence-corrected chi connectivity index (χ3v) is 4.51. The molecule has 0 bridgehead atoms. The van der Waals surface area contributed by atoms with E-state index in [1.807, 2.05) is 68.6 Å². The van der Waals surface area contributed by atoms with Crippen molar-refractivity contribution in [2.45, 2.75) is 13.8 Å². The lowest BCUT2D eigenvalue weighted by Gasteiger charge is -2.08. The molecule has 2 aromatic heterocycles. The van der Waals surface area contributed by atoms with Crippen LogP contribution in [0.5, 0.6) is 11.5 Å². The van der Waals surface area contributed by atoms with Crippen LogP contribution in [0.15, 0.2) is 54.7 Å². The van der Waals surface area contributed by atoms with Gasteiger partial charge in [-0.05, 0) is 66.9 Å². The number of hydrogen-bond acceptors (Lipinski definition) is 5. The zero-order valence-corrected chi connectivity index (χ0v) is 15.4. The lowest BCUT2D eigenvalue weighted by molar-refractivity contribution is 0.417. The standard InChI is InChI=1S/C21H20N4O2/c1-13-10-16(11-14(2)20(13)26)15-8-9-19-23-21(24-25(19)12-15)22-17-6-4-5-7-18(17)27-3/h4-12,26H,1-3H3,(H,22,24). The first-order valence-corrected chi connectivity index (χ1v) is 8.62. The molecule has 0 saturated carbocycles. The van der Waals surface area contributed by atoms with Gasteiger partial charge in [0.2, 0.25) is 5.95 Å². The highest BCUT2D eigenvalue weighted by atomic mass is 16.5. The maximum absolute atomic E-state index is 9.99. The highest BCUT2D eigenvalue weighted by Gasteiger charge is 2.10. The summed E-state index contributed by atoms with van der Waals surface area (Å²) in [6, 6.07) is 15.5. The van der Waals surface area contributed by atoms with Gasteiger partial charge in [0.15, 0.2) is 5.65 Å². The topological polar surface area (TPSA) is 71.7 Å². The monoisotopic (exact) mass is 360 g/mol. The molecule has 0 saturated heterocycles. The molecule has 4 aromatic rings. The highest BCUT2D eigenvalue weighted by Crippen LogP contribution is 2.30. The van der Waals surface area contributed by atoms with E-state index in [1.165, 1.54) is 0 Å². The van der Waals surface area contributed by atoms with E-state index >= 15 is 0 Å². The number of phenols is 1. The van der Waals surface area contributed by atoms with E-state index in [-0.39, 0.29) is 0 Å². The van der Waals surface area contributed by atoms with Gasteiger partial charge in [-0.3, -0.25) is 0 Å². The van der Waals surface area contributed by atoms with Crippen molar-refractivity contribution >= 4 is 17.3 Å². The minimum absolute atomic E-state index is 0.337. The number of rotatable bonds is 4. The Bertz CT molecular complexity index is 1110. The predicted molar refractivity (Wildman–Crippen MR) is 106 cm³/mol. The molecule has 0 fully saturated rings. The lowest BCUT2D eigenvalue weighted by atomic mass is 10.0. The van der Waals surface area contributed by atoms with Crippen LogP contribution < -0.4 is 10.1 Å². The summed E-state index contributed by atoms with van der Waals surface area (Å²) in [5.74, 6) is 1.56. The summed E-state index contributed by atoms with van der Waals surface area (Å²) in [5, 5.41) is 17.7. The van der Waals surface area contributed by atoms with Gasteiger partial charge in [0, 0.05) is 11.8 Å². The third-order valence-electron chi connectivity index (χ3n) is 4.51. The zero-order chi connectivity index (χ0) is 19.0. The van der Waals surface area contributed by atoms with E-state index in [2.05, 4.69) is 15.4 Å². The number of methoxy groups -OCH3 is 1. The molecule has 6 heteroatoms. The number of pyridine rings is 1. The Kier molecular flexibility index (Phi) is 4.16. The SMILES string of the molecule is COc1ccccc1Nc1nc2ccc(-c3cc(C)c(O)c(C)c3)cn2n1. The fourth-order valence-corrected chi connectivity index (χ4v) is 3.10. The van der Waals surface area contributed by atoms with E-state index in [0.29, 0.717) is 11.7 Å². The largest absolute Gasteiger partial charge is 0.507 e. The quantitative estimate of drug-likeness (QED) is 0.562. The summed E-state index contributed by atoms with van der Waals surface area (Å²) < 4.78 is 7.10. The predicted octanol–water partition coefficient (Wildman–Crippen LogP) is 4.47. The van der Waals surface area contributed by atoms with Gasteiger partial charge in [-0.25, -0.2) is 4.52 Å². The second kappa shape index (κ2) is 6.64. The number of aromatic nitrogens is 3. The summed E-state index contributed by atoms with van der Waals surface area (Å²) >= 11 is 0. The number of phenolic OH excluding ortho intramolecular Hbond substituents is 1. The number of aromatic hydroxyl groups is 1. The van der Waals surface area contributed by atoms with Gasteiger partial charge in [-0.15, -0.1) is 5.10 Å². The molecule has 4 rings (SSSR count). The summed E-state index contributed by atoms with van der Waals surface area (Å²) in [4.78, 5) is 4.51. The van der Waals surface area contributed by atoms with Crippen LogP contribution in [-0.2, 0) is 0 Å². The molecule has 0 radical (unpaired) electrons. The van der Waals surface area contributed by atoms with Crippen LogP contribution in [0, 0.1) is 13.8 Å². The molecule has 2 N–H and O–H groups in total. The maximum atomic E-state index is 9.99. The minimum Gasteiger partial charge on any atom is -0.507 e. The van der Waals surface area contributed by atoms with E-state index in [0.717, 1.165) is 39.3 Å². The average Bonchev–Trinajstić information content (AvgIpc) is 3.07. The fourth-order valence-electron chi connectivity index (χ4n) is 3.10. The molecule has 2 heterocycles. The number of hydrogen-bond donors (Lipinski definition) is 2. The van der Waals surface area contributed by atoms with Gasteiger partial charge < -0.3 is 15.2 Å². The van der Waals surface area contributed by atoms with Crippen LogP contribution in [0.25, 0.3) is 16.8 Å². The van der Waals surface area contributed by atoms with Gasteiger partial charge in [-0.2, -0.15) is 4.98 Å². The number of para-hydroxylation sites is 2. The summed E-state index contributed by atoms with van der Waals surface area (Å²) in [6.07, 6.45) is 1.93. The third kappa shape index (κ3) is 3.17. The molecule has 27 heavy (non-hydrogen) atoms. The van der Waals surface area contributed by atoms with Crippen LogP contribution in [0.2, 0.25) is 0 Å². The molecule has 0 atom stereocenters. The van der Waals surface area contributed by atoms with Crippen molar-refractivity contribution in [1.82, 2.24) is 14.6 Å². The summed E-state index contributed by atoms with van der Waals surface area (Å²) in [5.41, 5.74) is 5.27. The first-order chi connectivity index (χ1) is 13.0. The van der Waals surface area contributed by atoms with Gasteiger partial charge in [0.05, 0.1) is 12.8 Å². The first-order valence-electron chi connectivity index (χ1n) is 8.62. The lowest BCUT2D eigenvalue weighted by Crippen LogP contribution is -1.96. The number of nitrogens with zero attached hydrogens (tertiary/aromatic N) is 3. The average molecular weight is 360 g/mol. The smallest absolute Gasteiger partial charge is 0.247 e. The van der Waals surface area contributed by atoms with Gasteiger partial charge in [0.25, 0.3) is 0 Å². The first kappa shape index (κ1) is 16.9. The molecule has 0 aliphatic heterocycles. The van der Waals surface area contributed by atoms with E-state index in [4.69, 9.17) is 4.74 Å². The molecule has 0 aliphatic carbocycles. The minimum atomic E-state index is 0.337. The van der Waals surface area contributed by atoms with Crippen molar-refractivity contribution in [1.29, 1.82) is 0 Å². The highest BCUT2D eigenvalue weighted by molar-refractivity contribution is 5.69. The maximum Gasteiger partial charge on any atom is 0.247 e. The Balaban J connectivity index is 1.70. The molecule has 6 nitrogen and oxygen atoms in total. The Morgan fingerprint density at radius 3 is 2.48 bits per heavy atom. The molecular formula is C21H20N4O2. The van der Waals surface area contributed by atoms with E-state index in [9.17, 15) is 5.11 Å². The fraction of sp³-hybridized carbons (Fsp3) is 0.143. The number of nitrogens with one attached hydrogen (secondary N) is 1. The summed E-state index contributed by atoms with van der Waals surface area (Å²) in [6.45, 7) is 3.80. The molecule has 0 spiro atoms. The van der Waals surface area contributed by atoms with E-state index in [1.54, 1.807) is 11.6 Å². The van der Waals surface area contributed by atoms with Crippen molar-refractivity contribution in [2.75, 3.05) is 12.4 Å². The molecule has 0 unspecified atom stereocenters. The Labute approximate surface area is 157 Å². The van der Waals surface area contributed by atoms with Crippen LogP contribution in [0.3, 0.4) is 0 Å². The molecule has 2 aromatic carbocycles. The normalized spacial score (nSPS) is 10.9. The van der Waals surface area contributed by atoms with Crippen molar-refractivity contribution in [2.24, 2.45) is 0 Å². The van der Waals surface area contributed by atoms with Crippen molar-refractivity contribution in [3.05, 3.63) is 65.9 Å². The second-order valence-corrected chi connectivity index (χ2v) is 6.44. The van der Waals surface area contributed by atoms with Gasteiger partial charge >= 0.3 is 0 Å². The van der Waals surface area contributed by atoms with Gasteiger partial charge in [-0.1, -0.05) is 12.1 Å². The number of anilines is 2. The van der Waals surface area contributed by atoms with Crippen molar-refractivity contribution in [3.8, 4) is 22.6 Å². The van der Waals surface area contributed by atoms with Crippen LogP contribution >= 0.6 is 0 Å². The number of benzene rings is 2. The Hall–Kier alpha value is -3.54.